The lowest BCUT2D eigenvalue weighted by molar-refractivity contribution is 0.307. The van der Waals surface area contributed by atoms with Crippen LogP contribution in [0.5, 0.6) is 5.75 Å². The Labute approximate surface area is 135 Å². The van der Waals surface area contributed by atoms with Crippen molar-refractivity contribution in [2.45, 2.75) is 6.61 Å². The van der Waals surface area contributed by atoms with Gasteiger partial charge in [0.15, 0.2) is 5.75 Å². The van der Waals surface area contributed by atoms with Gasteiger partial charge in [0.05, 0.1) is 8.59 Å². The molecule has 0 fully saturated rings. The van der Waals surface area contributed by atoms with E-state index in [1.807, 2.05) is 48.5 Å². The number of benzene rings is 2. The van der Waals surface area contributed by atoms with Gasteiger partial charge in [-0.25, -0.2) is 0 Å². The van der Waals surface area contributed by atoms with E-state index in [-0.39, 0.29) is 0 Å². The fourth-order valence-electron chi connectivity index (χ4n) is 2.01. The lowest BCUT2D eigenvalue weighted by Crippen LogP contribution is -1.98. The number of pyridine rings is 1. The van der Waals surface area contributed by atoms with Crippen LogP contribution in [0, 0.1) is 3.57 Å². The van der Waals surface area contributed by atoms with Crippen molar-refractivity contribution in [3.05, 3.63) is 68.9 Å². The summed E-state index contributed by atoms with van der Waals surface area (Å²) in [6.45, 7) is 0.518. The SMILES string of the molecule is Clc1cc(I)c(OCc2ccccc2)c2ncccc12. The topological polar surface area (TPSA) is 22.1 Å². The van der Waals surface area contributed by atoms with Crippen molar-refractivity contribution in [2.24, 2.45) is 0 Å². The third-order valence-corrected chi connectivity index (χ3v) is 4.09. The molecule has 20 heavy (non-hydrogen) atoms. The number of ether oxygens (including phenoxy) is 1. The van der Waals surface area contributed by atoms with Gasteiger partial charge < -0.3 is 4.74 Å². The van der Waals surface area contributed by atoms with E-state index in [4.69, 9.17) is 16.3 Å². The monoisotopic (exact) mass is 395 g/mol. The number of aromatic nitrogens is 1. The molecule has 100 valence electrons. The fourth-order valence-corrected chi connectivity index (χ4v) is 3.18. The first-order chi connectivity index (χ1) is 9.75. The van der Waals surface area contributed by atoms with Gasteiger partial charge in [0.1, 0.15) is 12.1 Å². The first-order valence-electron chi connectivity index (χ1n) is 6.15. The maximum atomic E-state index is 6.25. The van der Waals surface area contributed by atoms with Gasteiger partial charge in [0, 0.05) is 11.6 Å². The van der Waals surface area contributed by atoms with E-state index in [2.05, 4.69) is 27.6 Å². The number of nitrogens with zero attached hydrogens (tertiary/aromatic N) is 1. The molecule has 0 aliphatic rings. The predicted molar refractivity (Wildman–Crippen MR) is 90.2 cm³/mol. The number of rotatable bonds is 3. The minimum atomic E-state index is 0.518. The zero-order chi connectivity index (χ0) is 13.9. The molecule has 0 aliphatic heterocycles. The highest BCUT2D eigenvalue weighted by Crippen LogP contribution is 2.35. The zero-order valence-electron chi connectivity index (χ0n) is 10.5. The van der Waals surface area contributed by atoms with Crippen molar-refractivity contribution in [2.75, 3.05) is 0 Å². The van der Waals surface area contributed by atoms with Gasteiger partial charge >= 0.3 is 0 Å². The Bertz CT molecular complexity index is 746. The summed E-state index contributed by atoms with van der Waals surface area (Å²) >= 11 is 8.48. The normalized spacial score (nSPS) is 10.7. The molecule has 0 N–H and O–H groups in total. The Morgan fingerprint density at radius 1 is 1.10 bits per heavy atom. The maximum absolute atomic E-state index is 6.25. The van der Waals surface area contributed by atoms with E-state index in [0.717, 1.165) is 25.8 Å². The summed E-state index contributed by atoms with van der Waals surface area (Å²) in [5.74, 6) is 0.787. The van der Waals surface area contributed by atoms with Crippen molar-refractivity contribution in [3.63, 3.8) is 0 Å². The van der Waals surface area contributed by atoms with Gasteiger partial charge in [-0.3, -0.25) is 4.98 Å². The van der Waals surface area contributed by atoms with Gasteiger partial charge in [0.25, 0.3) is 0 Å². The van der Waals surface area contributed by atoms with Crippen molar-refractivity contribution in [3.8, 4) is 5.75 Å². The molecular weight excluding hydrogens is 385 g/mol. The third kappa shape index (κ3) is 2.74. The van der Waals surface area contributed by atoms with E-state index in [9.17, 15) is 0 Å². The fraction of sp³-hybridized carbons (Fsp3) is 0.0625. The summed E-state index contributed by atoms with van der Waals surface area (Å²) < 4.78 is 6.93. The lowest BCUT2D eigenvalue weighted by Gasteiger charge is -2.12. The Kier molecular flexibility index (Phi) is 4.08. The highest BCUT2D eigenvalue weighted by Gasteiger charge is 2.12. The number of hydrogen-bond donors (Lipinski definition) is 0. The molecule has 0 saturated carbocycles. The number of hydrogen-bond acceptors (Lipinski definition) is 2. The second kappa shape index (κ2) is 5.97. The molecule has 3 aromatic rings. The molecule has 0 bridgehead atoms. The summed E-state index contributed by atoms with van der Waals surface area (Å²) in [7, 11) is 0. The summed E-state index contributed by atoms with van der Waals surface area (Å²) in [6.07, 6.45) is 1.75. The molecule has 0 atom stereocenters. The van der Waals surface area contributed by atoms with Crippen LogP contribution < -0.4 is 4.74 Å². The molecule has 0 amide bonds. The molecule has 0 spiro atoms. The second-order valence-electron chi connectivity index (χ2n) is 4.34. The Hall–Kier alpha value is -1.33. The van der Waals surface area contributed by atoms with Crippen LogP contribution in [0.15, 0.2) is 54.7 Å². The van der Waals surface area contributed by atoms with Crippen LogP contribution in [-0.2, 0) is 6.61 Å². The Morgan fingerprint density at radius 2 is 1.90 bits per heavy atom. The molecule has 4 heteroatoms. The standard InChI is InChI=1S/C16H11ClINO/c17-13-9-14(18)16(15-12(13)7-4-8-19-15)20-10-11-5-2-1-3-6-11/h1-9H,10H2. The molecule has 0 aliphatic carbocycles. The Morgan fingerprint density at radius 3 is 2.70 bits per heavy atom. The van der Waals surface area contributed by atoms with Gasteiger partial charge in [-0.2, -0.15) is 0 Å². The van der Waals surface area contributed by atoms with Gasteiger partial charge in [-0.15, -0.1) is 0 Å². The van der Waals surface area contributed by atoms with Crippen LogP contribution >= 0.6 is 34.2 Å². The summed E-state index contributed by atoms with van der Waals surface area (Å²) in [6, 6.07) is 15.8. The summed E-state index contributed by atoms with van der Waals surface area (Å²) in [5.41, 5.74) is 1.93. The van der Waals surface area contributed by atoms with Crippen molar-refractivity contribution in [1.29, 1.82) is 0 Å². The first-order valence-corrected chi connectivity index (χ1v) is 7.61. The number of halogens is 2. The smallest absolute Gasteiger partial charge is 0.159 e. The average molecular weight is 396 g/mol. The quantitative estimate of drug-likeness (QED) is 0.578. The minimum absolute atomic E-state index is 0.518. The molecule has 1 heterocycles. The lowest BCUT2D eigenvalue weighted by atomic mass is 10.2. The molecule has 0 radical (unpaired) electrons. The zero-order valence-corrected chi connectivity index (χ0v) is 13.4. The van der Waals surface area contributed by atoms with E-state index in [1.54, 1.807) is 6.20 Å². The van der Waals surface area contributed by atoms with Crippen LogP contribution in [0.4, 0.5) is 0 Å². The van der Waals surface area contributed by atoms with Crippen LogP contribution in [0.2, 0.25) is 5.02 Å². The van der Waals surface area contributed by atoms with Gasteiger partial charge in [-0.1, -0.05) is 41.9 Å². The third-order valence-electron chi connectivity index (χ3n) is 2.98. The highest BCUT2D eigenvalue weighted by molar-refractivity contribution is 14.1. The number of fused-ring (bicyclic) bond motifs is 1. The molecule has 0 saturated heterocycles. The van der Waals surface area contributed by atoms with Gasteiger partial charge in [-0.05, 0) is 46.4 Å². The van der Waals surface area contributed by atoms with Crippen LogP contribution in [0.25, 0.3) is 10.9 Å². The predicted octanol–water partition coefficient (Wildman–Crippen LogP) is 5.07. The summed E-state index contributed by atoms with van der Waals surface area (Å²) in [4.78, 5) is 4.40. The average Bonchev–Trinajstić information content (AvgIpc) is 2.48. The van der Waals surface area contributed by atoms with E-state index in [0.29, 0.717) is 11.6 Å². The van der Waals surface area contributed by atoms with Crippen molar-refractivity contribution >= 4 is 45.1 Å². The van der Waals surface area contributed by atoms with E-state index in [1.165, 1.54) is 0 Å². The van der Waals surface area contributed by atoms with E-state index >= 15 is 0 Å². The second-order valence-corrected chi connectivity index (χ2v) is 5.91. The molecule has 0 unspecified atom stereocenters. The largest absolute Gasteiger partial charge is 0.485 e. The molecule has 2 nitrogen and oxygen atoms in total. The molecule has 2 aromatic carbocycles. The van der Waals surface area contributed by atoms with Crippen molar-refractivity contribution in [1.82, 2.24) is 4.98 Å². The Balaban J connectivity index is 1.99. The van der Waals surface area contributed by atoms with Gasteiger partial charge in [0.2, 0.25) is 0 Å². The van der Waals surface area contributed by atoms with E-state index < -0.39 is 0 Å². The molecular formula is C16H11ClINO. The van der Waals surface area contributed by atoms with Crippen LogP contribution in [-0.4, -0.2) is 4.98 Å². The van der Waals surface area contributed by atoms with Crippen LogP contribution in [0.3, 0.4) is 0 Å². The first kappa shape index (κ1) is 13.6. The van der Waals surface area contributed by atoms with Crippen LogP contribution in [0.1, 0.15) is 5.56 Å². The summed E-state index contributed by atoms with van der Waals surface area (Å²) in [5, 5.41) is 1.61. The maximum Gasteiger partial charge on any atom is 0.159 e. The van der Waals surface area contributed by atoms with Crippen molar-refractivity contribution < 1.29 is 4.74 Å². The minimum Gasteiger partial charge on any atom is -0.485 e. The molecule has 1 aromatic heterocycles. The highest BCUT2D eigenvalue weighted by atomic mass is 127. The molecule has 3 rings (SSSR count).